The summed E-state index contributed by atoms with van der Waals surface area (Å²) >= 11 is 7.58. The van der Waals surface area contributed by atoms with E-state index in [0.717, 1.165) is 17.8 Å². The number of hydrogen-bond acceptors (Lipinski definition) is 4. The Labute approximate surface area is 144 Å². The van der Waals surface area contributed by atoms with Gasteiger partial charge in [-0.25, -0.2) is 4.98 Å². The van der Waals surface area contributed by atoms with Gasteiger partial charge in [-0.2, -0.15) is 0 Å². The molecule has 0 bridgehead atoms. The Morgan fingerprint density at radius 2 is 2.04 bits per heavy atom. The average molecular weight is 352 g/mol. The number of benzene rings is 1. The van der Waals surface area contributed by atoms with Gasteiger partial charge in [0.1, 0.15) is 5.69 Å². The smallest absolute Gasteiger partial charge is 0.275 e. The third-order valence-electron chi connectivity index (χ3n) is 3.07. The number of anilines is 2. The summed E-state index contributed by atoms with van der Waals surface area (Å²) in [4.78, 5) is 28.0. The molecule has 1 aromatic carbocycles. The van der Waals surface area contributed by atoms with Gasteiger partial charge < -0.3 is 10.6 Å². The predicted octanol–water partition coefficient (Wildman–Crippen LogP) is 4.35. The van der Waals surface area contributed by atoms with Crippen molar-refractivity contribution in [2.45, 2.75) is 33.1 Å². The summed E-state index contributed by atoms with van der Waals surface area (Å²) in [6.07, 6.45) is 2.22. The van der Waals surface area contributed by atoms with Gasteiger partial charge in [-0.1, -0.05) is 25.4 Å². The fourth-order valence-corrected chi connectivity index (χ4v) is 2.92. The second-order valence-corrected chi connectivity index (χ2v) is 6.28. The Morgan fingerprint density at radius 3 is 2.74 bits per heavy atom. The molecule has 0 unspecified atom stereocenters. The highest BCUT2D eigenvalue weighted by Gasteiger charge is 2.13. The fourth-order valence-electron chi connectivity index (χ4n) is 1.88. The zero-order chi connectivity index (χ0) is 16.8. The first kappa shape index (κ1) is 17.4. The van der Waals surface area contributed by atoms with E-state index in [-0.39, 0.29) is 11.8 Å². The van der Waals surface area contributed by atoms with E-state index in [0.29, 0.717) is 28.5 Å². The highest BCUT2D eigenvalue weighted by molar-refractivity contribution is 7.09. The molecule has 0 atom stereocenters. The van der Waals surface area contributed by atoms with Gasteiger partial charge in [-0.15, -0.1) is 11.3 Å². The molecule has 2 N–H and O–H groups in total. The van der Waals surface area contributed by atoms with E-state index in [1.807, 2.05) is 0 Å². The number of amides is 2. The minimum Gasteiger partial charge on any atom is -0.326 e. The Bertz CT molecular complexity index is 715. The Kier molecular flexibility index (Phi) is 6.12. The lowest BCUT2D eigenvalue weighted by Crippen LogP contribution is -2.14. The van der Waals surface area contributed by atoms with Crippen molar-refractivity contribution < 1.29 is 9.59 Å². The number of hydrogen-bond donors (Lipinski definition) is 2. The quantitative estimate of drug-likeness (QED) is 0.812. The van der Waals surface area contributed by atoms with Crippen LogP contribution in [0.1, 0.15) is 42.2 Å². The summed E-state index contributed by atoms with van der Waals surface area (Å²) in [6.45, 7) is 3.83. The summed E-state index contributed by atoms with van der Waals surface area (Å²) in [5, 5.41) is 8.54. The van der Waals surface area contributed by atoms with Crippen LogP contribution in [0.5, 0.6) is 0 Å². The van der Waals surface area contributed by atoms with Gasteiger partial charge >= 0.3 is 0 Å². The molecule has 23 heavy (non-hydrogen) atoms. The minimum absolute atomic E-state index is 0.103. The van der Waals surface area contributed by atoms with Crippen molar-refractivity contribution in [3.63, 3.8) is 0 Å². The number of carbonyl (C=O) groups is 2. The number of rotatable bonds is 6. The summed E-state index contributed by atoms with van der Waals surface area (Å²) in [5.74, 6) is -0.419. The third kappa shape index (κ3) is 4.77. The van der Waals surface area contributed by atoms with E-state index in [1.54, 1.807) is 30.5 Å². The van der Waals surface area contributed by atoms with Crippen LogP contribution in [-0.2, 0) is 11.2 Å². The van der Waals surface area contributed by atoms with Crippen molar-refractivity contribution in [2.24, 2.45) is 0 Å². The Hall–Kier alpha value is -1.92. The van der Waals surface area contributed by atoms with Crippen LogP contribution in [0.15, 0.2) is 23.6 Å². The molecule has 7 heteroatoms. The van der Waals surface area contributed by atoms with Crippen molar-refractivity contribution in [1.82, 2.24) is 4.98 Å². The number of nitrogens with one attached hydrogen (secondary N) is 2. The highest BCUT2D eigenvalue weighted by Crippen LogP contribution is 2.26. The second kappa shape index (κ2) is 8.08. The number of aryl methyl sites for hydroxylation is 1. The molecule has 0 spiro atoms. The van der Waals surface area contributed by atoms with E-state index in [4.69, 9.17) is 11.6 Å². The maximum atomic E-state index is 12.3. The summed E-state index contributed by atoms with van der Waals surface area (Å²) < 4.78 is 0. The monoisotopic (exact) mass is 351 g/mol. The second-order valence-electron chi connectivity index (χ2n) is 4.93. The fraction of sp³-hybridized carbons (Fsp3) is 0.312. The number of nitrogens with zero attached hydrogens (tertiary/aromatic N) is 1. The number of aromatic nitrogens is 1. The molecule has 0 fully saturated rings. The van der Waals surface area contributed by atoms with Crippen LogP contribution in [0.3, 0.4) is 0 Å². The van der Waals surface area contributed by atoms with Gasteiger partial charge in [0.25, 0.3) is 5.91 Å². The van der Waals surface area contributed by atoms with Crippen molar-refractivity contribution in [3.8, 4) is 0 Å². The molecular formula is C16H18ClN3O2S. The standard InChI is InChI=1S/C16H18ClN3O2S/c1-3-5-15-19-13(9-23-15)16(22)20-12-8-10(6-7-11(12)17)18-14(21)4-2/h6-9H,3-5H2,1-2H3,(H,18,21)(H,20,22). The molecule has 0 saturated heterocycles. The molecule has 1 heterocycles. The maximum Gasteiger partial charge on any atom is 0.275 e. The molecule has 0 aliphatic carbocycles. The first-order valence-electron chi connectivity index (χ1n) is 7.38. The Balaban J connectivity index is 2.12. The van der Waals surface area contributed by atoms with Crippen molar-refractivity contribution in [2.75, 3.05) is 10.6 Å². The molecule has 0 aliphatic rings. The zero-order valence-electron chi connectivity index (χ0n) is 13.0. The first-order valence-corrected chi connectivity index (χ1v) is 8.64. The van der Waals surface area contributed by atoms with E-state index in [2.05, 4.69) is 22.5 Å². The lowest BCUT2D eigenvalue weighted by atomic mass is 10.2. The molecule has 5 nitrogen and oxygen atoms in total. The zero-order valence-corrected chi connectivity index (χ0v) is 14.6. The Morgan fingerprint density at radius 1 is 1.26 bits per heavy atom. The maximum absolute atomic E-state index is 12.3. The van der Waals surface area contributed by atoms with Crippen molar-refractivity contribution in [1.29, 1.82) is 0 Å². The van der Waals surface area contributed by atoms with Crippen LogP contribution in [0, 0.1) is 0 Å². The van der Waals surface area contributed by atoms with Crippen molar-refractivity contribution >= 4 is 46.1 Å². The predicted molar refractivity (Wildman–Crippen MR) is 94.4 cm³/mol. The van der Waals surface area contributed by atoms with Gasteiger partial charge in [-0.3, -0.25) is 9.59 Å². The average Bonchev–Trinajstić information content (AvgIpc) is 2.99. The molecule has 1 aromatic heterocycles. The van der Waals surface area contributed by atoms with Gasteiger partial charge in [0.05, 0.1) is 15.7 Å². The number of thiazole rings is 1. The lowest BCUT2D eigenvalue weighted by molar-refractivity contribution is -0.115. The lowest BCUT2D eigenvalue weighted by Gasteiger charge is -2.09. The van der Waals surface area contributed by atoms with E-state index >= 15 is 0 Å². The van der Waals surface area contributed by atoms with Gasteiger partial charge in [0.2, 0.25) is 5.91 Å². The van der Waals surface area contributed by atoms with E-state index in [1.165, 1.54) is 11.3 Å². The van der Waals surface area contributed by atoms with Gasteiger partial charge in [-0.05, 0) is 31.0 Å². The van der Waals surface area contributed by atoms with Crippen LogP contribution >= 0.6 is 22.9 Å². The normalized spacial score (nSPS) is 10.4. The third-order valence-corrected chi connectivity index (χ3v) is 4.31. The largest absolute Gasteiger partial charge is 0.326 e. The topological polar surface area (TPSA) is 71.1 Å². The van der Waals surface area contributed by atoms with E-state index < -0.39 is 0 Å². The van der Waals surface area contributed by atoms with Crippen molar-refractivity contribution in [3.05, 3.63) is 39.3 Å². The summed E-state index contributed by atoms with van der Waals surface area (Å²) in [7, 11) is 0. The first-order chi connectivity index (χ1) is 11.0. The highest BCUT2D eigenvalue weighted by atomic mass is 35.5. The number of halogens is 1. The molecule has 0 radical (unpaired) electrons. The van der Waals surface area contributed by atoms with Crippen LogP contribution < -0.4 is 10.6 Å². The van der Waals surface area contributed by atoms with Crippen LogP contribution in [0.2, 0.25) is 5.02 Å². The SMILES string of the molecule is CCCc1nc(C(=O)Nc2cc(NC(=O)CC)ccc2Cl)cs1. The molecule has 122 valence electrons. The van der Waals surface area contributed by atoms with Gasteiger partial charge in [0.15, 0.2) is 0 Å². The minimum atomic E-state index is -0.315. The van der Waals surface area contributed by atoms with Gasteiger partial charge in [0, 0.05) is 17.5 Å². The van der Waals surface area contributed by atoms with Crippen LogP contribution in [-0.4, -0.2) is 16.8 Å². The molecule has 0 saturated carbocycles. The summed E-state index contributed by atoms with van der Waals surface area (Å²) in [5.41, 5.74) is 1.40. The summed E-state index contributed by atoms with van der Waals surface area (Å²) in [6, 6.07) is 4.95. The van der Waals surface area contributed by atoms with E-state index in [9.17, 15) is 9.59 Å². The molecule has 2 amide bonds. The van der Waals surface area contributed by atoms with Crippen LogP contribution in [0.25, 0.3) is 0 Å². The molecule has 2 rings (SSSR count). The van der Waals surface area contributed by atoms with Crippen LogP contribution in [0.4, 0.5) is 11.4 Å². The number of carbonyl (C=O) groups excluding carboxylic acids is 2. The molecule has 0 aliphatic heterocycles. The molecule has 2 aromatic rings. The molecular weight excluding hydrogens is 334 g/mol.